The molecule has 3 aliphatic rings. The first kappa shape index (κ1) is 10.5. The fraction of sp³-hybridized carbons (Fsp3) is 0.357. The molecule has 3 heteroatoms. The number of fused-ring (bicyclic) bond motifs is 1. The molecule has 0 unspecified atom stereocenters. The van der Waals surface area contributed by atoms with Crippen LogP contribution in [0.4, 0.5) is 0 Å². The molecule has 0 aromatic carbocycles. The van der Waals surface area contributed by atoms with Crippen LogP contribution in [0.5, 0.6) is 0 Å². The van der Waals surface area contributed by atoms with Gasteiger partial charge in [-0.15, -0.1) is 0 Å². The number of carbonyl (C=O) groups excluding carboxylic acids is 1. The molecule has 1 N–H and O–H groups in total. The van der Waals surface area contributed by atoms with E-state index in [-0.39, 0.29) is 12.6 Å². The van der Waals surface area contributed by atoms with Crippen molar-refractivity contribution in [1.29, 1.82) is 0 Å². The van der Waals surface area contributed by atoms with E-state index < -0.39 is 5.60 Å². The molecule has 0 spiro atoms. The maximum absolute atomic E-state index is 12.1. The van der Waals surface area contributed by atoms with Crippen LogP contribution in [0.2, 0.25) is 0 Å². The third-order valence-electron chi connectivity index (χ3n) is 3.65. The van der Waals surface area contributed by atoms with Crippen molar-refractivity contribution in [3.8, 4) is 0 Å². The van der Waals surface area contributed by atoms with E-state index in [4.69, 9.17) is 4.74 Å². The summed E-state index contributed by atoms with van der Waals surface area (Å²) < 4.78 is 5.46. The van der Waals surface area contributed by atoms with Crippen molar-refractivity contribution in [2.45, 2.75) is 24.9 Å². The van der Waals surface area contributed by atoms with Gasteiger partial charge in [0.25, 0.3) is 0 Å². The molecule has 3 aliphatic carbocycles. The Hall–Kier alpha value is -1.61. The lowest BCUT2D eigenvalue weighted by Crippen LogP contribution is -2.45. The predicted octanol–water partition coefficient (Wildman–Crippen LogP) is 1.81. The van der Waals surface area contributed by atoms with Crippen LogP contribution in [0, 0.1) is 0 Å². The summed E-state index contributed by atoms with van der Waals surface area (Å²) in [6, 6.07) is 0. The van der Waals surface area contributed by atoms with E-state index in [2.05, 4.69) is 0 Å². The molecule has 3 nitrogen and oxygen atoms in total. The number of rotatable bonds is 3. The summed E-state index contributed by atoms with van der Waals surface area (Å²) in [5, 5.41) is 9.28. The number of ether oxygens (including phenoxy) is 1. The molecule has 0 aromatic rings. The largest absolute Gasteiger partial charge is 0.453 e. The number of carbonyl (C=O) groups is 1. The topological polar surface area (TPSA) is 46.5 Å². The average Bonchev–Trinajstić information content (AvgIpc) is 2.84. The van der Waals surface area contributed by atoms with Crippen LogP contribution in [0.15, 0.2) is 47.1 Å². The third kappa shape index (κ3) is 1.58. The van der Waals surface area contributed by atoms with Crippen LogP contribution in [0.3, 0.4) is 0 Å². The first-order valence-corrected chi connectivity index (χ1v) is 5.89. The molecule has 0 radical (unpaired) electrons. The minimum atomic E-state index is -0.618. The molecule has 0 aliphatic heterocycles. The Morgan fingerprint density at radius 2 is 2.18 bits per heavy atom. The highest BCUT2D eigenvalue weighted by atomic mass is 16.6. The van der Waals surface area contributed by atoms with Gasteiger partial charge < -0.3 is 9.84 Å². The van der Waals surface area contributed by atoms with E-state index in [1.165, 1.54) is 0 Å². The van der Waals surface area contributed by atoms with Crippen LogP contribution in [0.25, 0.3) is 0 Å². The normalized spacial score (nSPS) is 23.5. The van der Waals surface area contributed by atoms with E-state index in [0.717, 1.165) is 30.4 Å². The van der Waals surface area contributed by atoms with E-state index >= 15 is 0 Å². The molecule has 0 amide bonds. The highest BCUT2D eigenvalue weighted by molar-refractivity contribution is 5.97. The lowest BCUT2D eigenvalue weighted by atomic mass is 9.80. The van der Waals surface area contributed by atoms with E-state index in [1.54, 1.807) is 6.08 Å². The molecule has 17 heavy (non-hydrogen) atoms. The fourth-order valence-electron chi connectivity index (χ4n) is 2.38. The second kappa shape index (κ2) is 3.70. The van der Waals surface area contributed by atoms with Crippen molar-refractivity contribution in [1.82, 2.24) is 0 Å². The maximum Gasteiger partial charge on any atom is 0.339 e. The molecule has 1 fully saturated rings. The van der Waals surface area contributed by atoms with Gasteiger partial charge in [0.05, 0.1) is 12.2 Å². The van der Waals surface area contributed by atoms with Crippen LogP contribution in [-0.2, 0) is 9.53 Å². The first-order valence-electron chi connectivity index (χ1n) is 5.89. The second-order valence-corrected chi connectivity index (χ2v) is 4.73. The summed E-state index contributed by atoms with van der Waals surface area (Å²) in [6.45, 7) is -0.0798. The highest BCUT2D eigenvalue weighted by Crippen LogP contribution is 2.37. The lowest BCUT2D eigenvalue weighted by molar-refractivity contribution is -0.170. The van der Waals surface area contributed by atoms with Crippen LogP contribution in [-0.4, -0.2) is 23.3 Å². The second-order valence-electron chi connectivity index (χ2n) is 4.73. The van der Waals surface area contributed by atoms with Gasteiger partial charge in [0.15, 0.2) is 0 Å². The molecule has 0 heterocycles. The zero-order valence-electron chi connectivity index (χ0n) is 9.48. The average molecular weight is 230 g/mol. The number of hydrogen-bond donors (Lipinski definition) is 1. The van der Waals surface area contributed by atoms with Gasteiger partial charge in [0.2, 0.25) is 0 Å². The third-order valence-corrected chi connectivity index (χ3v) is 3.65. The standard InChI is InChI=1S/C14H14O3/c15-9-14(7-2-8-14)17-13(16)12-6-5-10-3-1-4-11(10)12/h1,3-6,15H,2,7-9H2. The van der Waals surface area contributed by atoms with Gasteiger partial charge in [-0.2, -0.15) is 0 Å². The molecule has 3 rings (SSSR count). The van der Waals surface area contributed by atoms with Crippen LogP contribution < -0.4 is 0 Å². The van der Waals surface area contributed by atoms with Crippen LogP contribution in [0.1, 0.15) is 19.3 Å². The van der Waals surface area contributed by atoms with Crippen LogP contribution >= 0.6 is 0 Å². The van der Waals surface area contributed by atoms with Gasteiger partial charge in [-0.3, -0.25) is 0 Å². The van der Waals surface area contributed by atoms with E-state index in [0.29, 0.717) is 5.57 Å². The monoisotopic (exact) mass is 230 g/mol. The fourth-order valence-corrected chi connectivity index (χ4v) is 2.38. The number of esters is 1. The molecular weight excluding hydrogens is 216 g/mol. The van der Waals surface area contributed by atoms with Gasteiger partial charge in [0, 0.05) is 0 Å². The van der Waals surface area contributed by atoms with Gasteiger partial charge in [-0.1, -0.05) is 24.3 Å². The van der Waals surface area contributed by atoms with Gasteiger partial charge >= 0.3 is 5.97 Å². The van der Waals surface area contributed by atoms with Gasteiger partial charge in [0.1, 0.15) is 5.60 Å². The molecule has 88 valence electrons. The molecule has 0 saturated heterocycles. The number of allylic oxidation sites excluding steroid dienone is 6. The van der Waals surface area contributed by atoms with Crippen molar-refractivity contribution in [2.75, 3.05) is 6.61 Å². The van der Waals surface area contributed by atoms with E-state index in [1.807, 2.05) is 24.3 Å². The minimum absolute atomic E-state index is 0.0798. The number of aliphatic hydroxyl groups excluding tert-OH is 1. The Bertz CT molecular complexity index is 482. The van der Waals surface area contributed by atoms with Crippen molar-refractivity contribution >= 4 is 5.97 Å². The zero-order valence-corrected chi connectivity index (χ0v) is 9.48. The Morgan fingerprint density at radius 3 is 2.82 bits per heavy atom. The quantitative estimate of drug-likeness (QED) is 0.752. The van der Waals surface area contributed by atoms with Crippen molar-refractivity contribution in [3.05, 3.63) is 47.1 Å². The summed E-state index contributed by atoms with van der Waals surface area (Å²) in [6.07, 6.45) is 12.1. The van der Waals surface area contributed by atoms with Gasteiger partial charge in [-0.25, -0.2) is 4.79 Å². The number of aliphatic hydroxyl groups is 1. The Balaban J connectivity index is 1.80. The molecule has 0 aromatic heterocycles. The minimum Gasteiger partial charge on any atom is -0.453 e. The Kier molecular flexibility index (Phi) is 2.30. The summed E-state index contributed by atoms with van der Waals surface area (Å²) in [5.41, 5.74) is 1.98. The predicted molar refractivity (Wildman–Crippen MR) is 63.1 cm³/mol. The maximum atomic E-state index is 12.1. The summed E-state index contributed by atoms with van der Waals surface area (Å²) in [5.74, 6) is -0.319. The van der Waals surface area contributed by atoms with Gasteiger partial charge in [-0.05, 0) is 36.5 Å². The Labute approximate surface area is 99.8 Å². The number of hydrogen-bond acceptors (Lipinski definition) is 3. The summed E-state index contributed by atoms with van der Waals surface area (Å²) in [4.78, 5) is 12.1. The molecule has 0 bridgehead atoms. The summed E-state index contributed by atoms with van der Waals surface area (Å²) >= 11 is 0. The molecule has 0 atom stereocenters. The smallest absolute Gasteiger partial charge is 0.339 e. The first-order chi connectivity index (χ1) is 8.24. The lowest BCUT2D eigenvalue weighted by Gasteiger charge is -2.39. The summed E-state index contributed by atoms with van der Waals surface area (Å²) in [7, 11) is 0. The van der Waals surface area contributed by atoms with Crippen molar-refractivity contribution in [2.24, 2.45) is 0 Å². The Morgan fingerprint density at radius 1 is 1.35 bits per heavy atom. The molecular formula is C14H14O3. The SMILES string of the molecule is O=C(OC1(CO)CCC1)C1=C2C=CC=C2C=C1. The van der Waals surface area contributed by atoms with E-state index in [9.17, 15) is 9.90 Å². The zero-order chi connectivity index (χ0) is 11.9. The van der Waals surface area contributed by atoms with Crippen molar-refractivity contribution in [3.63, 3.8) is 0 Å². The highest BCUT2D eigenvalue weighted by Gasteiger charge is 2.41. The van der Waals surface area contributed by atoms with Crippen molar-refractivity contribution < 1.29 is 14.6 Å². The molecule has 1 saturated carbocycles.